The molecule has 152 valence electrons. The number of rotatable bonds is 9. The second kappa shape index (κ2) is 10.3. The molecule has 0 aromatic heterocycles. The van der Waals surface area contributed by atoms with Crippen molar-refractivity contribution in [1.82, 2.24) is 4.44 Å². The molecule has 0 N–H and O–H groups in total. The number of hydrogen-bond acceptors (Lipinski definition) is 1. The van der Waals surface area contributed by atoms with Gasteiger partial charge in [-0.1, -0.05) is 87.9 Å². The highest BCUT2D eigenvalue weighted by molar-refractivity contribution is 7.83. The summed E-state index contributed by atoms with van der Waals surface area (Å²) in [6.07, 6.45) is 7.68. The van der Waals surface area contributed by atoms with Crippen LogP contribution in [-0.2, 0) is 0 Å². The summed E-state index contributed by atoms with van der Waals surface area (Å²) in [6, 6.07) is 22.6. The minimum Gasteiger partial charge on any atom is -0.188 e. The summed E-state index contributed by atoms with van der Waals surface area (Å²) in [7, 11) is -1.71. The van der Waals surface area contributed by atoms with Gasteiger partial charge >= 0.3 is 0 Å². The zero-order valence-corrected chi connectivity index (χ0v) is 19.7. The summed E-state index contributed by atoms with van der Waals surface area (Å²) in [5, 5.41) is 0. The molecule has 0 unspecified atom stereocenters. The Morgan fingerprint density at radius 1 is 0.857 bits per heavy atom. The number of hydrogen-bond donors (Lipinski definition) is 0. The van der Waals surface area contributed by atoms with Crippen molar-refractivity contribution < 1.29 is 0 Å². The van der Waals surface area contributed by atoms with Crippen LogP contribution in [0.15, 0.2) is 60.7 Å². The molecule has 1 aliphatic rings. The molecule has 1 saturated heterocycles. The quantitative estimate of drug-likeness (QED) is 0.294. The maximum Gasteiger partial charge on any atom is 0.0845 e. The van der Waals surface area contributed by atoms with Crippen LogP contribution in [0.1, 0.15) is 68.9 Å². The third-order valence-corrected chi connectivity index (χ3v) is 14.8. The van der Waals surface area contributed by atoms with E-state index in [4.69, 9.17) is 6.66 Å². The zero-order valence-electron chi connectivity index (χ0n) is 17.9. The van der Waals surface area contributed by atoms with Crippen molar-refractivity contribution in [2.75, 3.05) is 18.9 Å². The van der Waals surface area contributed by atoms with Crippen LogP contribution in [0.3, 0.4) is 0 Å². The largest absolute Gasteiger partial charge is 0.188 e. The maximum absolute atomic E-state index is 5.21. The van der Waals surface area contributed by atoms with Gasteiger partial charge in [-0.2, -0.15) is 11.1 Å². The lowest BCUT2D eigenvalue weighted by Crippen LogP contribution is -2.25. The molecule has 0 spiro atoms. The summed E-state index contributed by atoms with van der Waals surface area (Å²) in [4.78, 5) is 0. The second-order valence-corrected chi connectivity index (χ2v) is 14.5. The first-order valence-electron chi connectivity index (χ1n) is 11.0. The molecule has 2 aromatic carbocycles. The van der Waals surface area contributed by atoms with E-state index in [1.54, 1.807) is 0 Å². The van der Waals surface area contributed by atoms with E-state index >= 15 is 0 Å². The van der Waals surface area contributed by atoms with Crippen molar-refractivity contribution >= 4 is 15.5 Å². The molecular weight excluding hydrogens is 376 g/mol. The van der Waals surface area contributed by atoms with Crippen LogP contribution in [-0.4, -0.2) is 23.3 Å². The monoisotopic (exact) mass is 413 g/mol. The van der Waals surface area contributed by atoms with Crippen molar-refractivity contribution in [2.45, 2.75) is 57.8 Å². The Morgan fingerprint density at radius 3 is 1.71 bits per heavy atom. The molecule has 1 fully saturated rings. The van der Waals surface area contributed by atoms with E-state index in [9.17, 15) is 0 Å². The first-order valence-corrected chi connectivity index (χ1v) is 14.7. The number of benzene rings is 2. The maximum atomic E-state index is 5.21. The first kappa shape index (κ1) is 22.0. The Kier molecular flexibility index (Phi) is 8.11. The smallest absolute Gasteiger partial charge is 0.0845 e. The van der Waals surface area contributed by atoms with Gasteiger partial charge in [-0.15, -0.1) is 0 Å². The lowest BCUT2D eigenvalue weighted by Gasteiger charge is -2.49. The van der Waals surface area contributed by atoms with Gasteiger partial charge in [0.15, 0.2) is 0 Å². The highest BCUT2D eigenvalue weighted by Gasteiger charge is 2.54. The Hall–Kier alpha value is -0.740. The van der Waals surface area contributed by atoms with Gasteiger partial charge in [-0.3, -0.25) is 0 Å². The third-order valence-electron chi connectivity index (χ3n) is 6.36. The van der Waals surface area contributed by atoms with Gasteiger partial charge in [0.25, 0.3) is 0 Å². The summed E-state index contributed by atoms with van der Waals surface area (Å²) >= 11 is 0. The van der Waals surface area contributed by atoms with E-state index in [-0.39, 0.29) is 8.07 Å². The van der Waals surface area contributed by atoms with E-state index in [1.165, 1.54) is 55.7 Å². The molecule has 2 aromatic rings. The molecule has 3 heteroatoms. The van der Waals surface area contributed by atoms with E-state index in [1.807, 2.05) is 0 Å². The Morgan fingerprint density at radius 2 is 1.32 bits per heavy atom. The van der Waals surface area contributed by atoms with Crippen LogP contribution in [0.25, 0.3) is 0 Å². The van der Waals surface area contributed by atoms with Gasteiger partial charge in [0.05, 0.1) is 11.3 Å². The van der Waals surface area contributed by atoms with Gasteiger partial charge in [0.2, 0.25) is 0 Å². The third kappa shape index (κ3) is 4.38. The molecule has 0 bridgehead atoms. The molecule has 3 rings (SSSR count). The molecule has 0 aliphatic carbocycles. The van der Waals surface area contributed by atoms with Crippen LogP contribution in [0.4, 0.5) is 0 Å². The molecule has 1 heterocycles. The molecule has 2 atom stereocenters. The molecule has 1 aliphatic heterocycles. The Bertz CT molecular complexity index is 652. The van der Waals surface area contributed by atoms with Crippen molar-refractivity contribution in [1.29, 1.82) is 0 Å². The minimum atomic E-state index is -1.60. The van der Waals surface area contributed by atoms with Crippen molar-refractivity contribution in [2.24, 2.45) is 0 Å². The number of unbranched alkanes of at least 4 members (excludes halogenated alkanes) is 1. The summed E-state index contributed by atoms with van der Waals surface area (Å²) in [5.41, 5.74) is 4.26. The molecule has 1 nitrogen and oxygen atoms in total. The van der Waals surface area contributed by atoms with Gasteiger partial charge < -0.3 is 0 Å². The van der Waals surface area contributed by atoms with Crippen LogP contribution in [0.2, 0.25) is 0 Å². The second-order valence-electron chi connectivity index (χ2n) is 7.91. The molecular formula is C25H37NP2. The number of nitrogens with zero attached hydrogens (tertiary/aromatic N) is 1. The Labute approximate surface area is 175 Å². The summed E-state index contributed by atoms with van der Waals surface area (Å²) in [6.45, 7) is 13.6. The van der Waals surface area contributed by atoms with E-state index < -0.39 is 7.41 Å². The predicted octanol–water partition coefficient (Wildman–Crippen LogP) is 8.53. The average Bonchev–Trinajstić information content (AvgIpc) is 3.10. The SMILES string of the molecule is [CH2-][P+]1(N(CCCC)P(CC)CC)[C@@H](c2ccccc2)CC[C@@H]1c1ccccc1. The van der Waals surface area contributed by atoms with E-state index in [2.05, 4.69) is 85.9 Å². The highest BCUT2D eigenvalue weighted by Crippen LogP contribution is 2.88. The van der Waals surface area contributed by atoms with Gasteiger partial charge in [0, 0.05) is 14.6 Å². The lowest BCUT2D eigenvalue weighted by molar-refractivity contribution is 0.617. The first-order chi connectivity index (χ1) is 13.7. The zero-order chi connectivity index (χ0) is 20.0. The van der Waals surface area contributed by atoms with E-state index in [0.717, 1.165) is 0 Å². The van der Waals surface area contributed by atoms with Crippen molar-refractivity contribution in [3.05, 3.63) is 78.5 Å². The minimum absolute atomic E-state index is 0.105. The molecule has 0 radical (unpaired) electrons. The fraction of sp³-hybridized carbons (Fsp3) is 0.480. The highest BCUT2D eigenvalue weighted by atomic mass is 31.2. The van der Waals surface area contributed by atoms with Crippen molar-refractivity contribution in [3.63, 3.8) is 0 Å². The summed E-state index contributed by atoms with van der Waals surface area (Å²) < 4.78 is 2.99. The average molecular weight is 414 g/mol. The predicted molar refractivity (Wildman–Crippen MR) is 129 cm³/mol. The topological polar surface area (TPSA) is 3.24 Å². The lowest BCUT2D eigenvalue weighted by atomic mass is 10.0. The van der Waals surface area contributed by atoms with Gasteiger partial charge in [-0.05, 0) is 50.1 Å². The van der Waals surface area contributed by atoms with Gasteiger partial charge in [-0.25, -0.2) is 0 Å². The van der Waals surface area contributed by atoms with Crippen molar-refractivity contribution in [3.8, 4) is 0 Å². The Balaban J connectivity index is 2.09. The van der Waals surface area contributed by atoms with Gasteiger partial charge in [0.1, 0.15) is 0 Å². The van der Waals surface area contributed by atoms with Crippen LogP contribution in [0.5, 0.6) is 0 Å². The van der Waals surface area contributed by atoms with E-state index in [0.29, 0.717) is 11.3 Å². The molecule has 28 heavy (non-hydrogen) atoms. The van der Waals surface area contributed by atoms with Crippen LogP contribution >= 0.6 is 15.5 Å². The summed E-state index contributed by atoms with van der Waals surface area (Å²) in [5.74, 6) is 0. The van der Waals surface area contributed by atoms with Crippen LogP contribution < -0.4 is 0 Å². The molecule has 0 amide bonds. The molecule has 0 saturated carbocycles. The fourth-order valence-electron chi connectivity index (χ4n) is 4.91. The standard InChI is InChI=1S/C25H37NP2/c1-5-8-21-26(27(6-2)7-3)28(4)24(22-15-11-9-12-16-22)19-20-25(28)23-17-13-10-14-18-23/h9-18,24-25H,4-8,19-21H2,1-3H3/t24-,25-/m1/s1. The fourth-order valence-corrected chi connectivity index (χ4v) is 14.0. The van der Waals surface area contributed by atoms with Crippen LogP contribution in [0, 0.1) is 6.66 Å². The normalized spacial score (nSPS) is 21.5.